The smallest absolute Gasteiger partial charge is 0.0679 e. The maximum Gasteiger partial charge on any atom is 0.0679 e. The Balaban J connectivity index is 1.86. The average molecular weight is 240 g/mol. The van der Waals surface area contributed by atoms with Crippen LogP contribution in [0.4, 0.5) is 0 Å². The quantitative estimate of drug-likeness (QED) is 0.781. The van der Waals surface area contributed by atoms with E-state index in [2.05, 4.69) is 24.1 Å². The summed E-state index contributed by atoms with van der Waals surface area (Å²) in [5.41, 5.74) is 0. The topological polar surface area (TPSA) is 35.5 Å². The van der Waals surface area contributed by atoms with Crippen LogP contribution in [0, 0.1) is 11.8 Å². The van der Waals surface area contributed by atoms with Gasteiger partial charge >= 0.3 is 0 Å². The second kappa shape index (κ2) is 6.17. The highest BCUT2D eigenvalue weighted by atomic mass is 16.3. The van der Waals surface area contributed by atoms with Crippen LogP contribution in [0.2, 0.25) is 0 Å². The Kier molecular flexibility index (Phi) is 4.83. The highest BCUT2D eigenvalue weighted by Gasteiger charge is 2.31. The minimum atomic E-state index is -0.0754. The maximum absolute atomic E-state index is 9.59. The molecule has 1 aliphatic carbocycles. The fraction of sp³-hybridized carbons (Fsp3) is 1.00. The van der Waals surface area contributed by atoms with Crippen LogP contribution in [0.5, 0.6) is 0 Å². The Hall–Kier alpha value is -0.120. The van der Waals surface area contributed by atoms with E-state index in [4.69, 9.17) is 0 Å². The van der Waals surface area contributed by atoms with Gasteiger partial charge in [-0.2, -0.15) is 0 Å². The Labute approximate surface area is 106 Å². The summed E-state index contributed by atoms with van der Waals surface area (Å²) in [4.78, 5) is 2.46. The standard InChI is InChI=1S/C14H28N2O/c1-3-15-14-5-4-11(2)8-12(14)9-16-7-6-13(17)10-16/h11-15,17H,3-10H2,1-2H3. The molecular formula is C14H28N2O. The maximum atomic E-state index is 9.59. The van der Waals surface area contributed by atoms with Gasteiger partial charge in [0.05, 0.1) is 6.10 Å². The zero-order valence-corrected chi connectivity index (χ0v) is 11.4. The molecule has 100 valence electrons. The first kappa shape index (κ1) is 13.3. The molecule has 0 amide bonds. The minimum absolute atomic E-state index is 0.0754. The van der Waals surface area contributed by atoms with Crippen LogP contribution in [0.15, 0.2) is 0 Å². The molecule has 2 rings (SSSR count). The third kappa shape index (κ3) is 3.67. The molecule has 3 heteroatoms. The zero-order valence-electron chi connectivity index (χ0n) is 11.4. The van der Waals surface area contributed by atoms with E-state index in [0.717, 1.165) is 37.9 Å². The second-order valence-corrected chi connectivity index (χ2v) is 6.04. The van der Waals surface area contributed by atoms with Crippen molar-refractivity contribution in [1.29, 1.82) is 0 Å². The predicted octanol–water partition coefficient (Wildman–Crippen LogP) is 1.47. The number of likely N-dealkylation sites (tertiary alicyclic amines) is 1. The molecule has 1 heterocycles. The van der Waals surface area contributed by atoms with Gasteiger partial charge in [-0.15, -0.1) is 0 Å². The Morgan fingerprint density at radius 1 is 1.29 bits per heavy atom. The highest BCUT2D eigenvalue weighted by Crippen LogP contribution is 2.30. The van der Waals surface area contributed by atoms with Gasteiger partial charge in [0.25, 0.3) is 0 Å². The SMILES string of the molecule is CCNC1CCC(C)CC1CN1CCC(O)C1. The molecule has 1 aliphatic heterocycles. The highest BCUT2D eigenvalue weighted by molar-refractivity contribution is 4.87. The molecular weight excluding hydrogens is 212 g/mol. The summed E-state index contributed by atoms with van der Waals surface area (Å²) in [7, 11) is 0. The molecule has 0 aromatic heterocycles. The summed E-state index contributed by atoms with van der Waals surface area (Å²) in [5.74, 6) is 1.66. The van der Waals surface area contributed by atoms with Crippen LogP contribution in [-0.2, 0) is 0 Å². The number of β-amino-alcohol motifs (C(OH)–C–C–N with tert-alkyl or cyclic N) is 1. The zero-order chi connectivity index (χ0) is 12.3. The number of hydrogen-bond acceptors (Lipinski definition) is 3. The number of nitrogens with zero attached hydrogens (tertiary/aromatic N) is 1. The Bertz CT molecular complexity index is 234. The number of aliphatic hydroxyl groups excluding tert-OH is 1. The first-order valence-electron chi connectivity index (χ1n) is 7.32. The molecule has 3 nitrogen and oxygen atoms in total. The lowest BCUT2D eigenvalue weighted by Crippen LogP contribution is -2.45. The van der Waals surface area contributed by atoms with Crippen LogP contribution in [0.3, 0.4) is 0 Å². The molecule has 1 saturated carbocycles. The summed E-state index contributed by atoms with van der Waals surface area (Å²) in [6.45, 7) is 8.83. The van der Waals surface area contributed by atoms with Gasteiger partial charge in [-0.25, -0.2) is 0 Å². The van der Waals surface area contributed by atoms with E-state index in [1.807, 2.05) is 0 Å². The third-order valence-electron chi connectivity index (χ3n) is 4.45. The third-order valence-corrected chi connectivity index (χ3v) is 4.45. The van der Waals surface area contributed by atoms with Crippen LogP contribution >= 0.6 is 0 Å². The normalized spacial score (nSPS) is 39.7. The van der Waals surface area contributed by atoms with Gasteiger partial charge in [0.2, 0.25) is 0 Å². The molecule has 0 radical (unpaired) electrons. The number of hydrogen-bond donors (Lipinski definition) is 2. The number of rotatable bonds is 4. The average Bonchev–Trinajstić information content (AvgIpc) is 2.68. The molecule has 0 spiro atoms. The fourth-order valence-electron chi connectivity index (χ4n) is 3.54. The van der Waals surface area contributed by atoms with Gasteiger partial charge in [0.1, 0.15) is 0 Å². The molecule has 2 N–H and O–H groups in total. The van der Waals surface area contributed by atoms with Crippen LogP contribution in [0.1, 0.15) is 39.5 Å². The van der Waals surface area contributed by atoms with Crippen molar-refractivity contribution in [1.82, 2.24) is 10.2 Å². The van der Waals surface area contributed by atoms with E-state index >= 15 is 0 Å². The molecule has 2 fully saturated rings. The Morgan fingerprint density at radius 2 is 2.12 bits per heavy atom. The molecule has 4 atom stereocenters. The summed E-state index contributed by atoms with van der Waals surface area (Å²) >= 11 is 0. The second-order valence-electron chi connectivity index (χ2n) is 6.04. The lowest BCUT2D eigenvalue weighted by molar-refractivity contribution is 0.139. The molecule has 4 unspecified atom stereocenters. The van der Waals surface area contributed by atoms with Crippen molar-refractivity contribution in [2.75, 3.05) is 26.2 Å². The van der Waals surface area contributed by atoms with Crippen molar-refractivity contribution < 1.29 is 5.11 Å². The Morgan fingerprint density at radius 3 is 2.76 bits per heavy atom. The molecule has 0 aromatic rings. The van der Waals surface area contributed by atoms with Crippen molar-refractivity contribution in [2.24, 2.45) is 11.8 Å². The van der Waals surface area contributed by atoms with E-state index in [9.17, 15) is 5.11 Å². The van der Waals surface area contributed by atoms with Crippen LogP contribution in [-0.4, -0.2) is 48.3 Å². The van der Waals surface area contributed by atoms with E-state index in [0.29, 0.717) is 6.04 Å². The summed E-state index contributed by atoms with van der Waals surface area (Å²) in [6, 6.07) is 0.703. The molecule has 17 heavy (non-hydrogen) atoms. The van der Waals surface area contributed by atoms with Crippen molar-refractivity contribution >= 4 is 0 Å². The van der Waals surface area contributed by atoms with Gasteiger partial charge in [-0.3, -0.25) is 0 Å². The van der Waals surface area contributed by atoms with Crippen molar-refractivity contribution in [3.63, 3.8) is 0 Å². The summed E-state index contributed by atoms with van der Waals surface area (Å²) < 4.78 is 0. The largest absolute Gasteiger partial charge is 0.392 e. The van der Waals surface area contributed by atoms with Gasteiger partial charge in [-0.1, -0.05) is 13.8 Å². The monoisotopic (exact) mass is 240 g/mol. The van der Waals surface area contributed by atoms with Crippen LogP contribution in [0.25, 0.3) is 0 Å². The number of nitrogens with one attached hydrogen (secondary N) is 1. The van der Waals surface area contributed by atoms with E-state index in [1.165, 1.54) is 25.8 Å². The first-order chi connectivity index (χ1) is 8.19. The van der Waals surface area contributed by atoms with Crippen LogP contribution < -0.4 is 5.32 Å². The lowest BCUT2D eigenvalue weighted by atomic mass is 9.78. The van der Waals surface area contributed by atoms with Crippen molar-refractivity contribution in [3.8, 4) is 0 Å². The molecule has 1 saturated heterocycles. The van der Waals surface area contributed by atoms with E-state index in [-0.39, 0.29) is 6.10 Å². The number of aliphatic hydroxyl groups is 1. The molecule has 0 bridgehead atoms. The molecule has 0 aromatic carbocycles. The van der Waals surface area contributed by atoms with Gasteiger partial charge in [0.15, 0.2) is 0 Å². The van der Waals surface area contributed by atoms with Crippen molar-refractivity contribution in [3.05, 3.63) is 0 Å². The minimum Gasteiger partial charge on any atom is -0.392 e. The molecule has 2 aliphatic rings. The first-order valence-corrected chi connectivity index (χ1v) is 7.32. The summed E-state index contributed by atoms with van der Waals surface area (Å²) in [5, 5.41) is 13.2. The predicted molar refractivity (Wildman–Crippen MR) is 71.0 cm³/mol. The van der Waals surface area contributed by atoms with Gasteiger partial charge in [0, 0.05) is 25.7 Å². The van der Waals surface area contributed by atoms with E-state index < -0.39 is 0 Å². The lowest BCUT2D eigenvalue weighted by Gasteiger charge is -2.37. The fourth-order valence-corrected chi connectivity index (χ4v) is 3.54. The van der Waals surface area contributed by atoms with Gasteiger partial charge < -0.3 is 15.3 Å². The summed E-state index contributed by atoms with van der Waals surface area (Å²) in [6.07, 6.45) is 4.94. The van der Waals surface area contributed by atoms with E-state index in [1.54, 1.807) is 0 Å². The van der Waals surface area contributed by atoms with Crippen molar-refractivity contribution in [2.45, 2.75) is 51.7 Å². The van der Waals surface area contributed by atoms with Gasteiger partial charge in [-0.05, 0) is 44.1 Å².